The molecule has 0 unspecified atom stereocenters. The van der Waals surface area contributed by atoms with Gasteiger partial charge in [-0.25, -0.2) is 4.79 Å². The molecule has 0 aromatic heterocycles. The second-order valence-corrected chi connectivity index (χ2v) is 4.27. The molecule has 0 aliphatic carbocycles. The van der Waals surface area contributed by atoms with E-state index < -0.39 is 11.5 Å². The van der Waals surface area contributed by atoms with E-state index in [4.69, 9.17) is 10.5 Å². The molecule has 0 aliphatic rings. The second-order valence-electron chi connectivity index (χ2n) is 4.27. The molecule has 0 bridgehead atoms. The van der Waals surface area contributed by atoms with Crippen molar-refractivity contribution in [3.8, 4) is 5.75 Å². The van der Waals surface area contributed by atoms with Crippen molar-refractivity contribution in [2.24, 2.45) is 5.73 Å². The summed E-state index contributed by atoms with van der Waals surface area (Å²) in [4.78, 5) is 12.1. The minimum absolute atomic E-state index is 0.472. The standard InChI is InChI=1S/C15H15NO2/c1-15(16,12-8-4-2-5-9-12)14(17)18-13-10-6-3-7-11-13/h2-11H,16H2,1H3/t15-/m1/s1. The summed E-state index contributed by atoms with van der Waals surface area (Å²) in [5.41, 5.74) is 5.63. The maximum Gasteiger partial charge on any atom is 0.335 e. The average molecular weight is 241 g/mol. The van der Waals surface area contributed by atoms with E-state index in [0.717, 1.165) is 5.56 Å². The van der Waals surface area contributed by atoms with Crippen molar-refractivity contribution >= 4 is 5.97 Å². The number of rotatable bonds is 3. The van der Waals surface area contributed by atoms with Crippen LogP contribution in [0.25, 0.3) is 0 Å². The fraction of sp³-hybridized carbons (Fsp3) is 0.133. The van der Waals surface area contributed by atoms with Crippen LogP contribution in [0.2, 0.25) is 0 Å². The third-order valence-electron chi connectivity index (χ3n) is 2.75. The van der Waals surface area contributed by atoms with Crippen molar-refractivity contribution in [1.82, 2.24) is 0 Å². The zero-order valence-electron chi connectivity index (χ0n) is 10.2. The Labute approximate surface area is 106 Å². The summed E-state index contributed by atoms with van der Waals surface area (Å²) in [5, 5.41) is 0. The van der Waals surface area contributed by atoms with Crippen LogP contribution in [0.3, 0.4) is 0 Å². The van der Waals surface area contributed by atoms with E-state index in [1.54, 1.807) is 31.2 Å². The van der Waals surface area contributed by atoms with E-state index in [0.29, 0.717) is 5.75 Å². The molecule has 0 saturated carbocycles. The SMILES string of the molecule is C[C@](N)(C(=O)Oc1ccccc1)c1ccccc1. The first-order chi connectivity index (χ1) is 8.60. The largest absolute Gasteiger partial charge is 0.425 e. The van der Waals surface area contributed by atoms with Crippen molar-refractivity contribution in [1.29, 1.82) is 0 Å². The van der Waals surface area contributed by atoms with Crippen LogP contribution in [0.15, 0.2) is 60.7 Å². The highest BCUT2D eigenvalue weighted by Crippen LogP contribution is 2.20. The number of nitrogens with two attached hydrogens (primary N) is 1. The molecule has 2 aromatic carbocycles. The minimum atomic E-state index is -1.16. The molecular weight excluding hydrogens is 226 g/mol. The first-order valence-electron chi connectivity index (χ1n) is 5.72. The van der Waals surface area contributed by atoms with Gasteiger partial charge >= 0.3 is 5.97 Å². The first-order valence-corrected chi connectivity index (χ1v) is 5.72. The lowest BCUT2D eigenvalue weighted by molar-refractivity contribution is -0.140. The van der Waals surface area contributed by atoms with Gasteiger partial charge in [-0.05, 0) is 24.6 Å². The fourth-order valence-corrected chi connectivity index (χ4v) is 1.60. The number of para-hydroxylation sites is 1. The van der Waals surface area contributed by atoms with Gasteiger partial charge in [0.15, 0.2) is 0 Å². The molecule has 0 radical (unpaired) electrons. The smallest absolute Gasteiger partial charge is 0.335 e. The summed E-state index contributed by atoms with van der Waals surface area (Å²) in [6.07, 6.45) is 0. The molecule has 18 heavy (non-hydrogen) atoms. The van der Waals surface area contributed by atoms with Gasteiger partial charge in [-0.15, -0.1) is 0 Å². The van der Waals surface area contributed by atoms with E-state index in [9.17, 15) is 4.79 Å². The molecule has 0 spiro atoms. The number of esters is 1. The maximum atomic E-state index is 12.1. The summed E-state index contributed by atoms with van der Waals surface area (Å²) in [6, 6.07) is 18.1. The summed E-state index contributed by atoms with van der Waals surface area (Å²) in [7, 11) is 0. The predicted molar refractivity (Wildman–Crippen MR) is 70.1 cm³/mol. The van der Waals surface area contributed by atoms with Crippen molar-refractivity contribution in [3.05, 3.63) is 66.2 Å². The Kier molecular flexibility index (Phi) is 3.44. The normalized spacial score (nSPS) is 13.7. The summed E-state index contributed by atoms with van der Waals surface area (Å²) < 4.78 is 5.27. The van der Waals surface area contributed by atoms with Gasteiger partial charge < -0.3 is 10.5 Å². The number of hydrogen-bond acceptors (Lipinski definition) is 3. The third-order valence-corrected chi connectivity index (χ3v) is 2.75. The van der Waals surface area contributed by atoms with Crippen LogP contribution < -0.4 is 10.5 Å². The lowest BCUT2D eigenvalue weighted by Gasteiger charge is -2.22. The molecule has 0 fully saturated rings. The Hall–Kier alpha value is -2.13. The van der Waals surface area contributed by atoms with Crippen molar-refractivity contribution < 1.29 is 9.53 Å². The van der Waals surface area contributed by atoms with Crippen molar-refractivity contribution in [3.63, 3.8) is 0 Å². The van der Waals surface area contributed by atoms with E-state index in [1.807, 2.05) is 36.4 Å². The Balaban J connectivity index is 2.18. The van der Waals surface area contributed by atoms with Gasteiger partial charge in [0.25, 0.3) is 0 Å². The molecule has 0 heterocycles. The Morgan fingerprint density at radius 2 is 1.50 bits per heavy atom. The van der Waals surface area contributed by atoms with Crippen molar-refractivity contribution in [2.45, 2.75) is 12.5 Å². The molecule has 1 atom stereocenters. The van der Waals surface area contributed by atoms with Crippen LogP contribution in [0.1, 0.15) is 12.5 Å². The number of benzene rings is 2. The highest BCUT2D eigenvalue weighted by molar-refractivity contribution is 5.83. The van der Waals surface area contributed by atoms with Crippen molar-refractivity contribution in [2.75, 3.05) is 0 Å². The Morgan fingerprint density at radius 3 is 2.06 bits per heavy atom. The van der Waals surface area contributed by atoms with E-state index >= 15 is 0 Å². The number of carbonyl (C=O) groups excluding carboxylic acids is 1. The van der Waals surface area contributed by atoms with Crippen LogP contribution in [0.4, 0.5) is 0 Å². The monoisotopic (exact) mass is 241 g/mol. The number of hydrogen-bond donors (Lipinski definition) is 1. The molecule has 0 saturated heterocycles. The second kappa shape index (κ2) is 5.02. The number of ether oxygens (including phenoxy) is 1. The highest BCUT2D eigenvalue weighted by Gasteiger charge is 2.32. The topological polar surface area (TPSA) is 52.3 Å². The van der Waals surface area contributed by atoms with Gasteiger partial charge in [-0.3, -0.25) is 0 Å². The predicted octanol–water partition coefficient (Wildman–Crippen LogP) is 2.47. The Bertz CT molecular complexity index is 521. The minimum Gasteiger partial charge on any atom is -0.425 e. The van der Waals surface area contributed by atoms with Gasteiger partial charge in [-0.2, -0.15) is 0 Å². The van der Waals surface area contributed by atoms with Crippen LogP contribution >= 0.6 is 0 Å². The lowest BCUT2D eigenvalue weighted by atomic mass is 9.93. The molecule has 3 nitrogen and oxygen atoms in total. The quantitative estimate of drug-likeness (QED) is 0.663. The van der Waals surface area contributed by atoms with Gasteiger partial charge in [0.1, 0.15) is 11.3 Å². The maximum absolute atomic E-state index is 12.1. The van der Waals surface area contributed by atoms with E-state index in [-0.39, 0.29) is 0 Å². The first kappa shape index (κ1) is 12.3. The zero-order valence-corrected chi connectivity index (χ0v) is 10.2. The van der Waals surface area contributed by atoms with Crippen LogP contribution in [0.5, 0.6) is 5.75 Å². The van der Waals surface area contributed by atoms with Crippen LogP contribution in [0, 0.1) is 0 Å². The van der Waals surface area contributed by atoms with Gasteiger partial charge in [0, 0.05) is 0 Å². The van der Waals surface area contributed by atoms with E-state index in [2.05, 4.69) is 0 Å². The molecular formula is C15H15NO2. The van der Waals surface area contributed by atoms with Crippen LogP contribution in [-0.4, -0.2) is 5.97 Å². The Morgan fingerprint density at radius 1 is 1.00 bits per heavy atom. The average Bonchev–Trinajstić information content (AvgIpc) is 2.41. The van der Waals surface area contributed by atoms with Gasteiger partial charge in [0.2, 0.25) is 0 Å². The third kappa shape index (κ3) is 2.57. The highest BCUT2D eigenvalue weighted by atomic mass is 16.5. The van der Waals surface area contributed by atoms with Crippen LogP contribution in [-0.2, 0) is 10.3 Å². The zero-order chi connectivity index (χ0) is 13.0. The van der Waals surface area contributed by atoms with E-state index in [1.165, 1.54) is 0 Å². The van der Waals surface area contributed by atoms with Gasteiger partial charge in [0.05, 0.1) is 0 Å². The summed E-state index contributed by atoms with van der Waals surface area (Å²) >= 11 is 0. The molecule has 0 amide bonds. The lowest BCUT2D eigenvalue weighted by Crippen LogP contribution is -2.44. The molecule has 92 valence electrons. The molecule has 3 heteroatoms. The van der Waals surface area contributed by atoms with Gasteiger partial charge in [-0.1, -0.05) is 48.5 Å². The summed E-state index contributed by atoms with van der Waals surface area (Å²) in [5.74, 6) is 0.0232. The molecule has 2 N–H and O–H groups in total. The molecule has 2 rings (SSSR count). The fourth-order valence-electron chi connectivity index (χ4n) is 1.60. The summed E-state index contributed by atoms with van der Waals surface area (Å²) in [6.45, 7) is 1.65. The number of carbonyl (C=O) groups is 1. The molecule has 0 aliphatic heterocycles. The molecule has 2 aromatic rings.